The van der Waals surface area contributed by atoms with E-state index in [0.717, 1.165) is 53.6 Å². The lowest BCUT2D eigenvalue weighted by molar-refractivity contribution is -0.129. The molecule has 7 heteroatoms. The number of amides is 1. The Labute approximate surface area is 188 Å². The Morgan fingerprint density at radius 3 is 2.50 bits per heavy atom. The number of unbranched alkanes of at least 4 members (excludes halogenated alkanes) is 3. The summed E-state index contributed by atoms with van der Waals surface area (Å²) in [5.41, 5.74) is 5.76. The number of hydrogen-bond acceptors (Lipinski definition) is 6. The first-order valence-corrected chi connectivity index (χ1v) is 10.9. The number of carbonyl (C=O) groups excluding carboxylic acids is 1. The molecule has 3 N–H and O–H groups in total. The second-order valence-electron chi connectivity index (χ2n) is 7.85. The standard InChI is InChI=1S/C25H30N2O5/c1-17-24(18(2)32-27-17)20-14-21(25(29)19-10-6-5-7-11-19)16-22(15-20)31-13-9-4-3-8-12-23(28)26-30/h5-7,10-11,14-16,25,29-30H,3-4,8-9,12-13H2,1-2H3,(H,26,28). The molecule has 1 unspecified atom stereocenters. The quantitative estimate of drug-likeness (QED) is 0.224. The molecule has 32 heavy (non-hydrogen) atoms. The van der Waals surface area contributed by atoms with Crippen LogP contribution in [0.4, 0.5) is 0 Å². The van der Waals surface area contributed by atoms with Gasteiger partial charge >= 0.3 is 0 Å². The Kier molecular flexibility index (Phi) is 8.41. The first-order valence-electron chi connectivity index (χ1n) is 10.9. The largest absolute Gasteiger partial charge is 0.494 e. The van der Waals surface area contributed by atoms with Gasteiger partial charge in [0.25, 0.3) is 0 Å². The second kappa shape index (κ2) is 11.5. The lowest BCUT2D eigenvalue weighted by Crippen LogP contribution is -2.17. The SMILES string of the molecule is Cc1noc(C)c1-c1cc(OCCCCCCC(=O)NO)cc(C(O)c2ccccc2)c1. The number of aliphatic hydroxyl groups is 1. The van der Waals surface area contributed by atoms with Gasteiger partial charge in [0, 0.05) is 12.0 Å². The summed E-state index contributed by atoms with van der Waals surface area (Å²) in [5, 5.41) is 23.5. The number of carbonyl (C=O) groups is 1. The summed E-state index contributed by atoms with van der Waals surface area (Å²) < 4.78 is 11.4. The Morgan fingerprint density at radius 2 is 1.81 bits per heavy atom. The Balaban J connectivity index is 1.72. The highest BCUT2D eigenvalue weighted by atomic mass is 16.5. The number of aliphatic hydroxyl groups excluding tert-OH is 1. The zero-order valence-corrected chi connectivity index (χ0v) is 18.5. The molecule has 3 rings (SSSR count). The van der Waals surface area contributed by atoms with E-state index >= 15 is 0 Å². The van der Waals surface area contributed by atoms with Gasteiger partial charge in [-0.05, 0) is 61.6 Å². The molecule has 0 fully saturated rings. The summed E-state index contributed by atoms with van der Waals surface area (Å²) >= 11 is 0. The van der Waals surface area contributed by atoms with Crippen LogP contribution >= 0.6 is 0 Å². The molecule has 3 aromatic rings. The topological polar surface area (TPSA) is 105 Å². The van der Waals surface area contributed by atoms with Gasteiger partial charge in [0.15, 0.2) is 0 Å². The van der Waals surface area contributed by atoms with Gasteiger partial charge in [-0.15, -0.1) is 0 Å². The summed E-state index contributed by atoms with van der Waals surface area (Å²) in [6, 6.07) is 15.3. The van der Waals surface area contributed by atoms with E-state index in [2.05, 4.69) is 5.16 Å². The summed E-state index contributed by atoms with van der Waals surface area (Å²) in [6.07, 6.45) is 2.90. The van der Waals surface area contributed by atoms with E-state index in [9.17, 15) is 9.90 Å². The molecule has 0 aliphatic carbocycles. The van der Waals surface area contributed by atoms with Crippen LogP contribution in [0.1, 0.15) is 60.8 Å². The van der Waals surface area contributed by atoms with Crippen molar-refractivity contribution in [3.05, 3.63) is 71.1 Å². The molecule has 7 nitrogen and oxygen atoms in total. The maximum Gasteiger partial charge on any atom is 0.243 e. The summed E-state index contributed by atoms with van der Waals surface area (Å²) in [6.45, 7) is 4.29. The van der Waals surface area contributed by atoms with Crippen LogP contribution < -0.4 is 10.2 Å². The zero-order chi connectivity index (χ0) is 22.9. The molecule has 0 bridgehead atoms. The van der Waals surface area contributed by atoms with Crippen molar-refractivity contribution in [2.45, 2.75) is 52.1 Å². The minimum atomic E-state index is -0.781. The number of aryl methyl sites for hydroxylation is 2. The van der Waals surface area contributed by atoms with E-state index in [-0.39, 0.29) is 5.91 Å². The van der Waals surface area contributed by atoms with Crippen LogP contribution in [0.25, 0.3) is 11.1 Å². The molecule has 0 aliphatic rings. The third-order valence-electron chi connectivity index (χ3n) is 5.37. The number of benzene rings is 2. The fourth-order valence-electron chi connectivity index (χ4n) is 3.72. The van der Waals surface area contributed by atoms with Crippen molar-refractivity contribution in [2.75, 3.05) is 6.61 Å². The first kappa shape index (κ1) is 23.5. The molecule has 2 aromatic carbocycles. The van der Waals surface area contributed by atoms with Gasteiger partial charge in [-0.25, -0.2) is 5.48 Å². The lowest BCUT2D eigenvalue weighted by Gasteiger charge is -2.16. The molecule has 0 saturated heterocycles. The van der Waals surface area contributed by atoms with Crippen molar-refractivity contribution in [1.82, 2.24) is 10.6 Å². The van der Waals surface area contributed by atoms with Crippen LogP contribution in [0.3, 0.4) is 0 Å². The summed E-state index contributed by atoms with van der Waals surface area (Å²) in [5.74, 6) is 1.03. The number of ether oxygens (including phenoxy) is 1. The summed E-state index contributed by atoms with van der Waals surface area (Å²) in [7, 11) is 0. The molecule has 170 valence electrons. The van der Waals surface area contributed by atoms with Crippen molar-refractivity contribution in [2.24, 2.45) is 0 Å². The van der Waals surface area contributed by atoms with Crippen molar-refractivity contribution < 1.29 is 24.4 Å². The molecule has 0 aliphatic heterocycles. The molecule has 1 aromatic heterocycles. The van der Waals surface area contributed by atoms with E-state index in [4.69, 9.17) is 14.5 Å². The fraction of sp³-hybridized carbons (Fsp3) is 0.360. The number of nitrogens with one attached hydrogen (secondary N) is 1. The minimum Gasteiger partial charge on any atom is -0.494 e. The van der Waals surface area contributed by atoms with Gasteiger partial charge in [0.1, 0.15) is 17.6 Å². The lowest BCUT2D eigenvalue weighted by atomic mass is 9.96. The number of hydroxylamine groups is 1. The third kappa shape index (κ3) is 6.18. The van der Waals surface area contributed by atoms with Gasteiger partial charge in [0.05, 0.1) is 12.3 Å². The number of aromatic nitrogens is 1. The predicted molar refractivity (Wildman–Crippen MR) is 120 cm³/mol. The van der Waals surface area contributed by atoms with E-state index in [0.29, 0.717) is 24.5 Å². The van der Waals surface area contributed by atoms with E-state index in [1.807, 2.05) is 62.4 Å². The molecule has 0 spiro atoms. The van der Waals surface area contributed by atoms with Crippen molar-refractivity contribution >= 4 is 5.91 Å². The van der Waals surface area contributed by atoms with Gasteiger partial charge < -0.3 is 14.4 Å². The number of hydrogen-bond donors (Lipinski definition) is 3. The summed E-state index contributed by atoms with van der Waals surface area (Å²) in [4.78, 5) is 11.0. The van der Waals surface area contributed by atoms with Crippen LogP contribution in [0, 0.1) is 13.8 Å². The zero-order valence-electron chi connectivity index (χ0n) is 18.5. The van der Waals surface area contributed by atoms with Gasteiger partial charge in [0.2, 0.25) is 5.91 Å². The molecule has 0 saturated carbocycles. The third-order valence-corrected chi connectivity index (χ3v) is 5.37. The highest BCUT2D eigenvalue weighted by Crippen LogP contribution is 2.34. The number of nitrogens with zero attached hydrogens (tertiary/aromatic N) is 1. The predicted octanol–water partition coefficient (Wildman–Crippen LogP) is 4.87. The Hall–Kier alpha value is -3.16. The maximum absolute atomic E-state index is 11.0. The highest BCUT2D eigenvalue weighted by molar-refractivity contribution is 5.74. The van der Waals surface area contributed by atoms with Crippen LogP contribution in [0.2, 0.25) is 0 Å². The van der Waals surface area contributed by atoms with E-state index in [1.54, 1.807) is 5.48 Å². The Bertz CT molecular complexity index is 997. The fourth-order valence-corrected chi connectivity index (χ4v) is 3.72. The van der Waals surface area contributed by atoms with Crippen molar-refractivity contribution in [3.8, 4) is 16.9 Å². The molecule has 1 amide bonds. The van der Waals surface area contributed by atoms with Crippen molar-refractivity contribution in [3.63, 3.8) is 0 Å². The Morgan fingerprint density at radius 1 is 1.06 bits per heavy atom. The molecule has 1 heterocycles. The molecule has 1 atom stereocenters. The molecular weight excluding hydrogens is 408 g/mol. The average Bonchev–Trinajstić information content (AvgIpc) is 3.15. The molecule has 0 radical (unpaired) electrons. The maximum atomic E-state index is 11.0. The second-order valence-corrected chi connectivity index (χ2v) is 7.85. The van der Waals surface area contributed by atoms with Gasteiger partial charge in [-0.3, -0.25) is 10.0 Å². The van der Waals surface area contributed by atoms with Crippen LogP contribution in [0.15, 0.2) is 53.1 Å². The van der Waals surface area contributed by atoms with E-state index in [1.165, 1.54) is 0 Å². The minimum absolute atomic E-state index is 0.317. The van der Waals surface area contributed by atoms with Crippen LogP contribution in [-0.2, 0) is 4.79 Å². The van der Waals surface area contributed by atoms with Crippen molar-refractivity contribution in [1.29, 1.82) is 0 Å². The van der Waals surface area contributed by atoms with Crippen LogP contribution in [0.5, 0.6) is 5.75 Å². The average molecular weight is 439 g/mol. The van der Waals surface area contributed by atoms with Gasteiger partial charge in [-0.2, -0.15) is 0 Å². The molecular formula is C25H30N2O5. The van der Waals surface area contributed by atoms with Gasteiger partial charge in [-0.1, -0.05) is 48.3 Å². The van der Waals surface area contributed by atoms with E-state index < -0.39 is 6.10 Å². The normalized spacial score (nSPS) is 11.9. The monoisotopic (exact) mass is 438 g/mol. The number of rotatable bonds is 11. The van der Waals surface area contributed by atoms with Crippen LogP contribution in [-0.4, -0.2) is 28.0 Å². The first-order chi connectivity index (χ1) is 15.5. The highest BCUT2D eigenvalue weighted by Gasteiger charge is 2.17. The smallest absolute Gasteiger partial charge is 0.243 e.